The summed E-state index contributed by atoms with van der Waals surface area (Å²) in [5.74, 6) is 0. The van der Waals surface area contributed by atoms with Gasteiger partial charge in [-0.3, -0.25) is 10.1 Å². The molecular formula is C10H11N3O4S3. The highest BCUT2D eigenvalue weighted by molar-refractivity contribution is 7.91. The summed E-state index contributed by atoms with van der Waals surface area (Å²) in [4.78, 5) is 10.2. The molecule has 0 saturated carbocycles. The van der Waals surface area contributed by atoms with E-state index in [2.05, 4.69) is 10.0 Å². The Labute approximate surface area is 123 Å². The van der Waals surface area contributed by atoms with E-state index in [1.54, 1.807) is 0 Å². The SMILES string of the molecule is CNc1sc(S(=O)(=O)NCc2ccsc2)cc1[N+](=O)[O-]. The zero-order valence-corrected chi connectivity index (χ0v) is 12.8. The lowest BCUT2D eigenvalue weighted by atomic mass is 10.4. The lowest BCUT2D eigenvalue weighted by Crippen LogP contribution is -2.22. The molecule has 7 nitrogen and oxygen atoms in total. The summed E-state index contributed by atoms with van der Waals surface area (Å²) in [6.07, 6.45) is 0. The van der Waals surface area contributed by atoms with Gasteiger partial charge in [0.05, 0.1) is 4.92 Å². The molecule has 10 heteroatoms. The molecular weight excluding hydrogens is 322 g/mol. The molecule has 0 unspecified atom stereocenters. The van der Waals surface area contributed by atoms with Gasteiger partial charge in [-0.2, -0.15) is 11.3 Å². The second-order valence-corrected chi connectivity index (χ2v) is 7.57. The van der Waals surface area contributed by atoms with Gasteiger partial charge in [0.1, 0.15) is 4.21 Å². The quantitative estimate of drug-likeness (QED) is 0.623. The van der Waals surface area contributed by atoms with Crippen LogP contribution >= 0.6 is 22.7 Å². The zero-order chi connectivity index (χ0) is 14.8. The van der Waals surface area contributed by atoms with Crippen LogP contribution in [0.1, 0.15) is 5.56 Å². The van der Waals surface area contributed by atoms with Gasteiger partial charge < -0.3 is 5.32 Å². The maximum Gasteiger partial charge on any atom is 0.304 e. The Morgan fingerprint density at radius 1 is 1.45 bits per heavy atom. The number of sulfonamides is 1. The molecule has 2 N–H and O–H groups in total. The van der Waals surface area contributed by atoms with Crippen LogP contribution < -0.4 is 10.0 Å². The van der Waals surface area contributed by atoms with Gasteiger partial charge in [-0.1, -0.05) is 11.3 Å². The third-order valence-electron chi connectivity index (χ3n) is 2.42. The Kier molecular flexibility index (Phi) is 4.38. The van der Waals surface area contributed by atoms with Crippen molar-refractivity contribution >= 4 is 43.4 Å². The highest BCUT2D eigenvalue weighted by Crippen LogP contribution is 2.36. The van der Waals surface area contributed by atoms with E-state index >= 15 is 0 Å². The van der Waals surface area contributed by atoms with Gasteiger partial charge >= 0.3 is 5.69 Å². The molecule has 2 heterocycles. The first-order valence-electron chi connectivity index (χ1n) is 5.41. The number of nitro groups is 1. The van der Waals surface area contributed by atoms with Crippen LogP contribution in [0.5, 0.6) is 0 Å². The molecule has 0 aliphatic carbocycles. The van der Waals surface area contributed by atoms with Crippen LogP contribution in [0.2, 0.25) is 0 Å². The Balaban J connectivity index is 2.23. The number of rotatable bonds is 6. The third kappa shape index (κ3) is 3.15. The topological polar surface area (TPSA) is 101 Å². The molecule has 0 aliphatic rings. The molecule has 108 valence electrons. The molecule has 0 atom stereocenters. The molecule has 0 aromatic carbocycles. The van der Waals surface area contributed by atoms with Crippen LogP contribution in [0, 0.1) is 10.1 Å². The van der Waals surface area contributed by atoms with Gasteiger partial charge in [-0.05, 0) is 22.4 Å². The first-order valence-corrected chi connectivity index (χ1v) is 8.65. The van der Waals surface area contributed by atoms with E-state index in [-0.39, 0.29) is 21.4 Å². The number of nitrogens with zero attached hydrogens (tertiary/aromatic N) is 1. The standard InChI is InChI=1S/C10H11N3O4S3/c1-11-10-8(13(14)15)4-9(19-10)20(16,17)12-5-7-2-3-18-6-7/h2-4,6,11-12H,5H2,1H3. The predicted octanol–water partition coefficient (Wildman–Crippen LogP) is 2.24. The molecule has 2 rings (SSSR count). The molecule has 2 aromatic rings. The lowest BCUT2D eigenvalue weighted by Gasteiger charge is -2.02. The van der Waals surface area contributed by atoms with Crippen molar-refractivity contribution in [3.8, 4) is 0 Å². The third-order valence-corrected chi connectivity index (χ3v) is 6.17. The van der Waals surface area contributed by atoms with Crippen LogP contribution in [0.3, 0.4) is 0 Å². The van der Waals surface area contributed by atoms with Crippen molar-refractivity contribution in [1.82, 2.24) is 4.72 Å². The van der Waals surface area contributed by atoms with Crippen molar-refractivity contribution in [1.29, 1.82) is 0 Å². The molecule has 0 saturated heterocycles. The second kappa shape index (κ2) is 5.87. The monoisotopic (exact) mass is 333 g/mol. The Hall–Kier alpha value is -1.49. The van der Waals surface area contributed by atoms with Crippen LogP contribution in [0.15, 0.2) is 27.1 Å². The van der Waals surface area contributed by atoms with E-state index in [9.17, 15) is 18.5 Å². The molecule has 0 amide bonds. The first kappa shape index (κ1) is 14.9. The van der Waals surface area contributed by atoms with Gasteiger partial charge in [0.25, 0.3) is 10.0 Å². The maximum absolute atomic E-state index is 12.1. The van der Waals surface area contributed by atoms with E-state index < -0.39 is 14.9 Å². The van der Waals surface area contributed by atoms with Gasteiger partial charge in [-0.15, -0.1) is 0 Å². The largest absolute Gasteiger partial charge is 0.374 e. The van der Waals surface area contributed by atoms with Crippen molar-refractivity contribution < 1.29 is 13.3 Å². The van der Waals surface area contributed by atoms with E-state index in [0.29, 0.717) is 0 Å². The minimum Gasteiger partial charge on any atom is -0.374 e. The summed E-state index contributed by atoms with van der Waals surface area (Å²) >= 11 is 2.30. The minimum absolute atomic E-state index is 0.0798. The Morgan fingerprint density at radius 3 is 2.70 bits per heavy atom. The van der Waals surface area contributed by atoms with Gasteiger partial charge in [-0.25, -0.2) is 13.1 Å². The van der Waals surface area contributed by atoms with Crippen molar-refractivity contribution in [2.24, 2.45) is 0 Å². The van der Waals surface area contributed by atoms with E-state index in [1.165, 1.54) is 18.4 Å². The average Bonchev–Trinajstić information content (AvgIpc) is 3.05. The van der Waals surface area contributed by atoms with Crippen molar-refractivity contribution in [2.75, 3.05) is 12.4 Å². The molecule has 0 fully saturated rings. The molecule has 2 aromatic heterocycles. The number of hydrogen-bond acceptors (Lipinski definition) is 7. The fraction of sp³-hybridized carbons (Fsp3) is 0.200. The molecule has 0 bridgehead atoms. The average molecular weight is 333 g/mol. The fourth-order valence-corrected chi connectivity index (χ4v) is 4.46. The van der Waals surface area contributed by atoms with Gasteiger partial charge in [0.15, 0.2) is 5.00 Å². The Morgan fingerprint density at radius 2 is 2.20 bits per heavy atom. The lowest BCUT2D eigenvalue weighted by molar-refractivity contribution is -0.383. The number of hydrogen-bond donors (Lipinski definition) is 2. The Bertz CT molecular complexity index is 706. The number of thiophene rings is 2. The minimum atomic E-state index is -3.75. The molecule has 0 spiro atoms. The zero-order valence-electron chi connectivity index (χ0n) is 10.3. The molecule has 0 aliphatic heterocycles. The normalized spacial score (nSPS) is 11.4. The van der Waals surface area contributed by atoms with Gasteiger partial charge in [0.2, 0.25) is 0 Å². The summed E-state index contributed by atoms with van der Waals surface area (Å²) in [5, 5.41) is 17.3. The van der Waals surface area contributed by atoms with Gasteiger partial charge in [0, 0.05) is 19.7 Å². The number of nitrogens with one attached hydrogen (secondary N) is 2. The summed E-state index contributed by atoms with van der Waals surface area (Å²) in [5.41, 5.74) is 0.604. The second-order valence-electron chi connectivity index (χ2n) is 3.74. The highest BCUT2D eigenvalue weighted by atomic mass is 32.2. The first-order chi connectivity index (χ1) is 9.44. The summed E-state index contributed by atoms with van der Waals surface area (Å²) in [6.45, 7) is 0.159. The molecule has 0 radical (unpaired) electrons. The van der Waals surface area contributed by atoms with Crippen molar-refractivity contribution in [2.45, 2.75) is 10.8 Å². The maximum atomic E-state index is 12.1. The summed E-state index contributed by atoms with van der Waals surface area (Å²) in [6, 6.07) is 2.87. The van der Waals surface area contributed by atoms with Crippen molar-refractivity contribution in [3.63, 3.8) is 0 Å². The van der Waals surface area contributed by atoms with Crippen LogP contribution in [0.25, 0.3) is 0 Å². The van der Waals surface area contributed by atoms with Crippen LogP contribution in [0.4, 0.5) is 10.7 Å². The predicted molar refractivity (Wildman–Crippen MR) is 78.9 cm³/mol. The fourth-order valence-electron chi connectivity index (χ4n) is 1.45. The van der Waals surface area contributed by atoms with Crippen molar-refractivity contribution in [3.05, 3.63) is 38.6 Å². The smallest absolute Gasteiger partial charge is 0.304 e. The summed E-state index contributed by atoms with van der Waals surface area (Å²) in [7, 11) is -2.24. The molecule has 20 heavy (non-hydrogen) atoms. The summed E-state index contributed by atoms with van der Waals surface area (Å²) < 4.78 is 26.5. The highest BCUT2D eigenvalue weighted by Gasteiger charge is 2.25. The van der Waals surface area contributed by atoms with Crippen LogP contribution in [-0.2, 0) is 16.6 Å². The van der Waals surface area contributed by atoms with E-state index in [1.807, 2.05) is 16.8 Å². The van der Waals surface area contributed by atoms with E-state index in [4.69, 9.17) is 0 Å². The number of anilines is 1. The van der Waals surface area contributed by atoms with E-state index in [0.717, 1.165) is 23.0 Å². The van der Waals surface area contributed by atoms with Crippen LogP contribution in [-0.4, -0.2) is 20.4 Å².